The van der Waals surface area contributed by atoms with Crippen LogP contribution in [0.3, 0.4) is 0 Å². The van der Waals surface area contributed by atoms with Crippen molar-refractivity contribution in [1.82, 2.24) is 19.4 Å². The Kier molecular flexibility index (Phi) is 4.09. The van der Waals surface area contributed by atoms with E-state index in [1.54, 1.807) is 6.20 Å². The fraction of sp³-hybridized carbons (Fsp3) is 0.316. The second-order valence-corrected chi connectivity index (χ2v) is 6.20. The first kappa shape index (κ1) is 15.6. The summed E-state index contributed by atoms with van der Waals surface area (Å²) in [5, 5.41) is 0. The lowest BCUT2D eigenvalue weighted by Crippen LogP contribution is -2.29. The molecule has 1 amide bonds. The number of hydrogen-bond donors (Lipinski definition) is 0. The molecular weight excluding hydrogens is 316 g/mol. The number of rotatable bonds is 5. The fourth-order valence-electron chi connectivity index (χ4n) is 3.20. The average molecular weight is 336 g/mol. The molecule has 1 aliphatic heterocycles. The Morgan fingerprint density at radius 2 is 2.08 bits per heavy atom. The van der Waals surface area contributed by atoms with Crippen molar-refractivity contribution in [1.29, 1.82) is 0 Å². The molecule has 0 radical (unpaired) electrons. The second kappa shape index (κ2) is 6.55. The van der Waals surface area contributed by atoms with Crippen LogP contribution in [-0.2, 0) is 11.8 Å². The quantitative estimate of drug-likeness (QED) is 0.719. The lowest BCUT2D eigenvalue weighted by atomic mass is 10.2. The summed E-state index contributed by atoms with van der Waals surface area (Å²) in [6, 6.07) is 11.9. The Balaban J connectivity index is 1.44. The van der Waals surface area contributed by atoms with Crippen molar-refractivity contribution in [2.24, 2.45) is 7.05 Å². The van der Waals surface area contributed by atoms with E-state index in [0.717, 1.165) is 35.4 Å². The molecule has 6 nitrogen and oxygen atoms in total. The highest BCUT2D eigenvalue weighted by molar-refractivity contribution is 5.80. The first-order valence-electron chi connectivity index (χ1n) is 8.51. The highest BCUT2D eigenvalue weighted by Crippen LogP contribution is 2.24. The molecule has 0 aliphatic carbocycles. The number of carbonyl (C=O) groups is 1. The Labute approximate surface area is 146 Å². The third-order valence-corrected chi connectivity index (χ3v) is 4.56. The van der Waals surface area contributed by atoms with Crippen LogP contribution in [0.15, 0.2) is 42.6 Å². The van der Waals surface area contributed by atoms with Gasteiger partial charge in [-0.1, -0.05) is 12.1 Å². The van der Waals surface area contributed by atoms with E-state index < -0.39 is 0 Å². The topological polar surface area (TPSA) is 60.2 Å². The van der Waals surface area contributed by atoms with Crippen LogP contribution in [-0.4, -0.2) is 45.0 Å². The van der Waals surface area contributed by atoms with Crippen molar-refractivity contribution in [2.75, 3.05) is 19.7 Å². The Bertz CT molecular complexity index is 901. The van der Waals surface area contributed by atoms with Crippen LogP contribution in [0.5, 0.6) is 5.88 Å². The number of aryl methyl sites for hydroxylation is 1. The maximum absolute atomic E-state index is 11.6. The molecule has 128 valence electrons. The van der Waals surface area contributed by atoms with Gasteiger partial charge in [-0.05, 0) is 24.6 Å². The molecule has 1 fully saturated rings. The summed E-state index contributed by atoms with van der Waals surface area (Å²) in [5.41, 5.74) is 3.00. The van der Waals surface area contributed by atoms with Crippen molar-refractivity contribution in [3.8, 4) is 17.3 Å². The van der Waals surface area contributed by atoms with Crippen molar-refractivity contribution in [2.45, 2.75) is 12.8 Å². The van der Waals surface area contributed by atoms with E-state index in [1.165, 1.54) is 0 Å². The number of amides is 1. The molecule has 0 bridgehead atoms. The van der Waals surface area contributed by atoms with Crippen LogP contribution in [0.25, 0.3) is 22.4 Å². The molecule has 4 rings (SSSR count). The standard InChI is InChI=1S/C19H20N4O2/c1-22-16-6-3-2-5-15(16)21-19(22)14-8-9-17(20-13-14)25-12-11-23-10-4-7-18(23)24/h2-3,5-6,8-9,13H,4,7,10-12H2,1H3. The van der Waals surface area contributed by atoms with Crippen LogP contribution >= 0.6 is 0 Å². The highest BCUT2D eigenvalue weighted by atomic mass is 16.5. The zero-order valence-corrected chi connectivity index (χ0v) is 14.2. The van der Waals surface area contributed by atoms with Crippen molar-refractivity contribution in [3.63, 3.8) is 0 Å². The second-order valence-electron chi connectivity index (χ2n) is 6.20. The Morgan fingerprint density at radius 1 is 1.20 bits per heavy atom. The average Bonchev–Trinajstić information content (AvgIpc) is 3.20. The Morgan fingerprint density at radius 3 is 2.80 bits per heavy atom. The number of nitrogens with zero attached hydrogens (tertiary/aromatic N) is 4. The van der Waals surface area contributed by atoms with E-state index in [4.69, 9.17) is 4.74 Å². The van der Waals surface area contributed by atoms with E-state index in [-0.39, 0.29) is 5.91 Å². The highest BCUT2D eigenvalue weighted by Gasteiger charge is 2.19. The van der Waals surface area contributed by atoms with Crippen LogP contribution in [0.1, 0.15) is 12.8 Å². The fourth-order valence-corrected chi connectivity index (χ4v) is 3.20. The molecule has 1 saturated heterocycles. The van der Waals surface area contributed by atoms with Gasteiger partial charge >= 0.3 is 0 Å². The summed E-state index contributed by atoms with van der Waals surface area (Å²) in [7, 11) is 2.00. The van der Waals surface area contributed by atoms with E-state index in [2.05, 4.69) is 20.6 Å². The number of pyridine rings is 1. The first-order valence-corrected chi connectivity index (χ1v) is 8.51. The van der Waals surface area contributed by atoms with Crippen molar-refractivity contribution < 1.29 is 9.53 Å². The number of hydrogen-bond acceptors (Lipinski definition) is 4. The van der Waals surface area contributed by atoms with Gasteiger partial charge in [-0.2, -0.15) is 0 Å². The smallest absolute Gasteiger partial charge is 0.222 e. The molecule has 0 spiro atoms. The van der Waals surface area contributed by atoms with Gasteiger partial charge < -0.3 is 14.2 Å². The molecule has 1 aliphatic rings. The molecule has 0 N–H and O–H groups in total. The minimum atomic E-state index is 0.216. The van der Waals surface area contributed by atoms with Gasteiger partial charge in [-0.15, -0.1) is 0 Å². The van der Waals surface area contributed by atoms with Gasteiger partial charge in [0.2, 0.25) is 11.8 Å². The van der Waals surface area contributed by atoms with Gasteiger partial charge in [0.15, 0.2) is 0 Å². The summed E-state index contributed by atoms with van der Waals surface area (Å²) >= 11 is 0. The van der Waals surface area contributed by atoms with Gasteiger partial charge in [0.25, 0.3) is 0 Å². The van der Waals surface area contributed by atoms with E-state index in [1.807, 2.05) is 42.3 Å². The number of benzene rings is 1. The van der Waals surface area contributed by atoms with Crippen molar-refractivity contribution in [3.05, 3.63) is 42.6 Å². The lowest BCUT2D eigenvalue weighted by molar-refractivity contribution is -0.128. The molecule has 3 heterocycles. The number of fused-ring (bicyclic) bond motifs is 1. The minimum Gasteiger partial charge on any atom is -0.476 e. The van der Waals surface area contributed by atoms with Gasteiger partial charge in [0, 0.05) is 37.8 Å². The van der Waals surface area contributed by atoms with Gasteiger partial charge in [0.05, 0.1) is 17.6 Å². The molecule has 0 atom stereocenters. The molecule has 25 heavy (non-hydrogen) atoms. The van der Waals surface area contributed by atoms with Crippen LogP contribution < -0.4 is 4.74 Å². The molecule has 0 unspecified atom stereocenters. The minimum absolute atomic E-state index is 0.216. The number of likely N-dealkylation sites (tertiary alicyclic amines) is 1. The predicted octanol–water partition coefficient (Wildman–Crippen LogP) is 2.64. The zero-order valence-electron chi connectivity index (χ0n) is 14.2. The lowest BCUT2D eigenvalue weighted by Gasteiger charge is -2.15. The van der Waals surface area contributed by atoms with Gasteiger partial charge in [-0.25, -0.2) is 9.97 Å². The number of imidazole rings is 1. The molecule has 1 aromatic carbocycles. The summed E-state index contributed by atoms with van der Waals surface area (Å²) in [6.45, 7) is 1.92. The largest absolute Gasteiger partial charge is 0.476 e. The van der Waals surface area contributed by atoms with E-state index in [0.29, 0.717) is 25.5 Å². The maximum atomic E-state index is 11.6. The third kappa shape index (κ3) is 3.07. The normalized spacial score (nSPS) is 14.4. The maximum Gasteiger partial charge on any atom is 0.222 e. The zero-order chi connectivity index (χ0) is 17.2. The van der Waals surface area contributed by atoms with Gasteiger partial charge in [-0.3, -0.25) is 4.79 Å². The van der Waals surface area contributed by atoms with Gasteiger partial charge in [0.1, 0.15) is 12.4 Å². The van der Waals surface area contributed by atoms with Crippen LogP contribution in [0, 0.1) is 0 Å². The number of para-hydroxylation sites is 2. The van der Waals surface area contributed by atoms with Crippen LogP contribution in [0.2, 0.25) is 0 Å². The Hall–Kier alpha value is -2.89. The summed E-state index contributed by atoms with van der Waals surface area (Å²) in [4.78, 5) is 22.5. The van der Waals surface area contributed by atoms with Crippen molar-refractivity contribution >= 4 is 16.9 Å². The third-order valence-electron chi connectivity index (χ3n) is 4.56. The SMILES string of the molecule is Cn1c(-c2ccc(OCCN3CCCC3=O)nc2)nc2ccccc21. The predicted molar refractivity (Wildman–Crippen MR) is 95.3 cm³/mol. The summed E-state index contributed by atoms with van der Waals surface area (Å²) in [6.07, 6.45) is 3.38. The number of aromatic nitrogens is 3. The molecule has 2 aromatic heterocycles. The molecule has 3 aromatic rings. The van der Waals surface area contributed by atoms with E-state index >= 15 is 0 Å². The van der Waals surface area contributed by atoms with Crippen LogP contribution in [0.4, 0.5) is 0 Å². The molecule has 0 saturated carbocycles. The number of carbonyl (C=O) groups excluding carboxylic acids is 1. The first-order chi connectivity index (χ1) is 12.2. The summed E-state index contributed by atoms with van der Waals surface area (Å²) in [5.74, 6) is 1.66. The monoisotopic (exact) mass is 336 g/mol. The summed E-state index contributed by atoms with van der Waals surface area (Å²) < 4.78 is 7.73. The molecular formula is C19H20N4O2. The molecule has 6 heteroatoms. The number of ether oxygens (including phenoxy) is 1. The van der Waals surface area contributed by atoms with E-state index in [9.17, 15) is 4.79 Å².